The Morgan fingerprint density at radius 1 is 1.08 bits per heavy atom. The zero-order chi connectivity index (χ0) is 9.84. The van der Waals surface area contributed by atoms with Crippen LogP contribution in [0.4, 0.5) is 0 Å². The lowest BCUT2D eigenvalue weighted by Crippen LogP contribution is -2.27. The molecule has 0 unspecified atom stereocenters. The highest BCUT2D eigenvalue weighted by molar-refractivity contribution is 6.71. The largest absolute Gasteiger partial charge is 0.0795 e. The van der Waals surface area contributed by atoms with Crippen molar-refractivity contribution in [1.82, 2.24) is 0 Å². The Labute approximate surface area is 83.6 Å². The van der Waals surface area contributed by atoms with E-state index in [4.69, 9.17) is 0 Å². The summed E-state index contributed by atoms with van der Waals surface area (Å²) in [6.45, 7) is 9.26. The average Bonchev–Trinajstić information content (AvgIpc) is 2.16. The topological polar surface area (TPSA) is 0 Å². The van der Waals surface area contributed by atoms with Crippen molar-refractivity contribution in [2.75, 3.05) is 0 Å². The Bertz CT molecular complexity index is 276. The molecule has 1 aromatic carbocycles. The molecule has 0 nitrogen and oxygen atoms in total. The van der Waals surface area contributed by atoms with Crippen LogP contribution in [0.2, 0.25) is 13.1 Å². The molecule has 1 rings (SSSR count). The predicted octanol–water partition coefficient (Wildman–Crippen LogP) is 2.77. The van der Waals surface area contributed by atoms with Crippen molar-refractivity contribution < 1.29 is 0 Å². The number of rotatable bonds is 3. The quantitative estimate of drug-likeness (QED) is 0.645. The summed E-state index contributed by atoms with van der Waals surface area (Å²) in [4.78, 5) is 0. The van der Waals surface area contributed by atoms with E-state index >= 15 is 0 Å². The molecule has 0 N–H and O–H groups in total. The maximum Gasteiger partial charge on any atom is 0.0795 e. The molecule has 0 aliphatic rings. The summed E-state index contributed by atoms with van der Waals surface area (Å²) in [5.41, 5.74) is 3.16. The molecular weight excluding hydrogens is 172 g/mol. The smallest absolute Gasteiger partial charge is 0.0671 e. The van der Waals surface area contributed by atoms with Crippen molar-refractivity contribution in [2.45, 2.75) is 39.8 Å². The summed E-state index contributed by atoms with van der Waals surface area (Å²) < 4.78 is 0. The fraction of sp³-hybridized carbons (Fsp3) is 0.500. The van der Waals surface area contributed by atoms with E-state index in [1.165, 1.54) is 12.8 Å². The Morgan fingerprint density at radius 2 is 1.77 bits per heavy atom. The minimum atomic E-state index is -0.286. The molecule has 1 heteroatoms. The summed E-state index contributed by atoms with van der Waals surface area (Å²) in [5.74, 6) is 0. The number of hydrogen-bond acceptors (Lipinski definition) is 0. The fourth-order valence-corrected chi connectivity index (χ4v) is 3.22. The summed E-state index contributed by atoms with van der Waals surface area (Å²) >= 11 is 0. The first kappa shape index (κ1) is 10.5. The normalized spacial score (nSPS) is 10.8. The molecular formula is C12H19Si. The van der Waals surface area contributed by atoms with Crippen molar-refractivity contribution in [3.63, 3.8) is 0 Å². The number of benzene rings is 1. The van der Waals surface area contributed by atoms with Gasteiger partial charge in [-0.2, -0.15) is 0 Å². The SMILES string of the molecule is CCc1cccc([Si](C)C)c1CC. The van der Waals surface area contributed by atoms with Gasteiger partial charge in [-0.15, -0.1) is 0 Å². The van der Waals surface area contributed by atoms with E-state index < -0.39 is 0 Å². The minimum absolute atomic E-state index is 0.286. The molecule has 1 aromatic rings. The molecule has 0 aromatic heterocycles. The van der Waals surface area contributed by atoms with Crippen LogP contribution in [-0.4, -0.2) is 8.80 Å². The van der Waals surface area contributed by atoms with Gasteiger partial charge in [0, 0.05) is 0 Å². The van der Waals surface area contributed by atoms with Gasteiger partial charge in [-0.05, 0) is 24.0 Å². The Kier molecular flexibility index (Phi) is 3.73. The van der Waals surface area contributed by atoms with Crippen molar-refractivity contribution in [1.29, 1.82) is 0 Å². The van der Waals surface area contributed by atoms with Crippen molar-refractivity contribution in [3.8, 4) is 0 Å². The second-order valence-electron chi connectivity index (χ2n) is 3.65. The summed E-state index contributed by atoms with van der Waals surface area (Å²) in [6.07, 6.45) is 2.36. The molecule has 0 aliphatic heterocycles. The van der Waals surface area contributed by atoms with Gasteiger partial charge in [0.1, 0.15) is 0 Å². The van der Waals surface area contributed by atoms with Crippen molar-refractivity contribution in [2.24, 2.45) is 0 Å². The van der Waals surface area contributed by atoms with Gasteiger partial charge in [0.05, 0.1) is 8.80 Å². The molecule has 0 aliphatic carbocycles. The Hall–Kier alpha value is -0.563. The van der Waals surface area contributed by atoms with Gasteiger partial charge in [-0.1, -0.05) is 50.3 Å². The van der Waals surface area contributed by atoms with Gasteiger partial charge >= 0.3 is 0 Å². The Balaban J connectivity index is 3.19. The maximum absolute atomic E-state index is 2.37. The maximum atomic E-state index is 2.37. The van der Waals surface area contributed by atoms with Crippen LogP contribution in [0.3, 0.4) is 0 Å². The molecule has 0 atom stereocenters. The molecule has 0 saturated carbocycles. The molecule has 0 saturated heterocycles. The van der Waals surface area contributed by atoms with Gasteiger partial charge < -0.3 is 0 Å². The molecule has 0 bridgehead atoms. The highest BCUT2D eigenvalue weighted by Gasteiger charge is 2.08. The van der Waals surface area contributed by atoms with Crippen LogP contribution in [0.15, 0.2) is 18.2 Å². The van der Waals surface area contributed by atoms with Gasteiger partial charge in [0.15, 0.2) is 0 Å². The van der Waals surface area contributed by atoms with Crippen LogP contribution in [0.25, 0.3) is 0 Å². The highest BCUT2D eigenvalue weighted by Crippen LogP contribution is 2.09. The summed E-state index contributed by atoms with van der Waals surface area (Å²) in [5, 5.41) is 1.63. The first-order valence-electron chi connectivity index (χ1n) is 5.12. The molecule has 0 heterocycles. The molecule has 0 spiro atoms. The van der Waals surface area contributed by atoms with E-state index in [2.05, 4.69) is 45.1 Å². The highest BCUT2D eigenvalue weighted by atomic mass is 28.3. The summed E-state index contributed by atoms with van der Waals surface area (Å²) in [6, 6.07) is 6.80. The number of aryl methyl sites for hydroxylation is 1. The van der Waals surface area contributed by atoms with E-state index in [-0.39, 0.29) is 8.80 Å². The van der Waals surface area contributed by atoms with Crippen LogP contribution >= 0.6 is 0 Å². The van der Waals surface area contributed by atoms with Crippen LogP contribution < -0.4 is 5.19 Å². The first-order chi connectivity index (χ1) is 6.20. The first-order valence-corrected chi connectivity index (χ1v) is 7.62. The van der Waals surface area contributed by atoms with E-state index in [1.807, 2.05) is 0 Å². The lowest BCUT2D eigenvalue weighted by Gasteiger charge is -2.14. The van der Waals surface area contributed by atoms with Crippen LogP contribution in [0.5, 0.6) is 0 Å². The molecule has 0 fully saturated rings. The second kappa shape index (κ2) is 4.61. The zero-order valence-electron chi connectivity index (χ0n) is 9.15. The third-order valence-corrected chi connectivity index (χ3v) is 4.09. The lowest BCUT2D eigenvalue weighted by atomic mass is 10.0. The van der Waals surface area contributed by atoms with E-state index in [1.54, 1.807) is 16.3 Å². The van der Waals surface area contributed by atoms with Crippen LogP contribution in [-0.2, 0) is 12.8 Å². The van der Waals surface area contributed by atoms with Gasteiger partial charge in [0.25, 0.3) is 0 Å². The van der Waals surface area contributed by atoms with E-state index in [0.29, 0.717) is 0 Å². The van der Waals surface area contributed by atoms with Crippen molar-refractivity contribution in [3.05, 3.63) is 29.3 Å². The van der Waals surface area contributed by atoms with Gasteiger partial charge in [-0.3, -0.25) is 0 Å². The standard InChI is InChI=1S/C12H19Si/c1-5-10-8-7-9-12(13(3)4)11(10)6-2/h7-9H,5-6H2,1-4H3. The van der Waals surface area contributed by atoms with Crippen LogP contribution in [0.1, 0.15) is 25.0 Å². The zero-order valence-corrected chi connectivity index (χ0v) is 10.1. The van der Waals surface area contributed by atoms with Gasteiger partial charge in [-0.25, -0.2) is 0 Å². The van der Waals surface area contributed by atoms with Crippen molar-refractivity contribution >= 4 is 14.0 Å². The van der Waals surface area contributed by atoms with E-state index in [9.17, 15) is 0 Å². The minimum Gasteiger partial charge on any atom is -0.0671 e. The van der Waals surface area contributed by atoms with Crippen LogP contribution in [0, 0.1) is 0 Å². The predicted molar refractivity (Wildman–Crippen MR) is 62.3 cm³/mol. The Morgan fingerprint density at radius 3 is 2.23 bits per heavy atom. The monoisotopic (exact) mass is 191 g/mol. The summed E-state index contributed by atoms with van der Waals surface area (Å²) in [7, 11) is -0.286. The third kappa shape index (κ3) is 2.22. The molecule has 13 heavy (non-hydrogen) atoms. The molecule has 71 valence electrons. The molecule has 0 amide bonds. The molecule has 1 radical (unpaired) electrons. The lowest BCUT2D eigenvalue weighted by molar-refractivity contribution is 1.05. The third-order valence-electron chi connectivity index (χ3n) is 2.55. The van der Waals surface area contributed by atoms with E-state index in [0.717, 1.165) is 0 Å². The van der Waals surface area contributed by atoms with Gasteiger partial charge in [0.2, 0.25) is 0 Å². The number of hydrogen-bond donors (Lipinski definition) is 0. The average molecular weight is 191 g/mol. The second-order valence-corrected chi connectivity index (χ2v) is 6.19. The fourth-order valence-electron chi connectivity index (χ4n) is 1.85.